The zero-order chi connectivity index (χ0) is 37.6. The van der Waals surface area contributed by atoms with Crippen molar-refractivity contribution in [3.63, 3.8) is 0 Å². The van der Waals surface area contributed by atoms with E-state index in [4.69, 9.17) is 24.1 Å². The fourth-order valence-corrected chi connectivity index (χ4v) is 6.14. The summed E-state index contributed by atoms with van der Waals surface area (Å²) in [5.41, 5.74) is 0.595. The van der Waals surface area contributed by atoms with E-state index in [1.807, 2.05) is 81.4 Å². The van der Waals surface area contributed by atoms with Crippen molar-refractivity contribution in [2.75, 3.05) is 6.61 Å². The fourth-order valence-electron chi connectivity index (χ4n) is 6.14. The number of carbonyl (C=O) groups excluding carboxylic acids is 4. The molecule has 4 atom stereocenters. The Hall–Kier alpha value is -4.38. The Kier molecular flexibility index (Phi) is 15.5. The van der Waals surface area contributed by atoms with Gasteiger partial charge >= 0.3 is 24.1 Å². The van der Waals surface area contributed by atoms with Crippen LogP contribution in [0.1, 0.15) is 97.6 Å². The molecule has 2 amide bonds. The second-order valence-electron chi connectivity index (χ2n) is 14.8. The van der Waals surface area contributed by atoms with Crippen molar-refractivity contribution in [3.8, 4) is 0 Å². The Morgan fingerprint density at radius 1 is 0.706 bits per heavy atom. The number of aliphatic hydroxyl groups is 1. The number of carbonyl (C=O) groups is 4. The lowest BCUT2D eigenvalue weighted by atomic mass is 10.1. The molecular formula is C40H56N2O9. The number of amides is 2. The van der Waals surface area contributed by atoms with Gasteiger partial charge < -0.3 is 24.1 Å². The highest BCUT2D eigenvalue weighted by Crippen LogP contribution is 2.31. The molecule has 0 spiro atoms. The molecule has 0 unspecified atom stereocenters. The number of rotatable bonds is 11. The number of benzene rings is 2. The minimum absolute atomic E-state index is 0.0561. The number of esters is 2. The summed E-state index contributed by atoms with van der Waals surface area (Å²) >= 11 is 0. The van der Waals surface area contributed by atoms with E-state index in [9.17, 15) is 19.2 Å². The summed E-state index contributed by atoms with van der Waals surface area (Å²) in [5, 5.41) is 9.11. The number of likely N-dealkylation sites (tertiary alicyclic amines) is 2. The number of ether oxygens (including phenoxy) is 4. The van der Waals surface area contributed by atoms with Gasteiger partial charge in [-0.2, -0.15) is 0 Å². The average molecular weight is 709 g/mol. The second-order valence-corrected chi connectivity index (χ2v) is 14.8. The van der Waals surface area contributed by atoms with Gasteiger partial charge in [-0.05, 0) is 97.6 Å². The van der Waals surface area contributed by atoms with Crippen LogP contribution in [-0.4, -0.2) is 81.0 Å². The highest BCUT2D eigenvalue weighted by Gasteiger charge is 2.44. The summed E-state index contributed by atoms with van der Waals surface area (Å²) in [7, 11) is 0. The average Bonchev–Trinajstić information content (AvgIpc) is 3.70. The summed E-state index contributed by atoms with van der Waals surface area (Å²) in [6, 6.07) is 17.4. The zero-order valence-electron chi connectivity index (χ0n) is 31.0. The van der Waals surface area contributed by atoms with E-state index in [1.165, 1.54) is 9.80 Å². The predicted octanol–water partition coefficient (Wildman–Crippen LogP) is 7.34. The SMILES string of the molecule is C=CC[C@H]1CC[C@@H](C(=O)OC(C)(C)C)N1C(=O)OCc1ccccc1.CC(C)(C)OC(=O)[C@@H]1CC[C@H](CCCO)N1C(=O)OCc1ccccc1. The Morgan fingerprint density at radius 3 is 1.51 bits per heavy atom. The van der Waals surface area contributed by atoms with Crippen LogP contribution < -0.4 is 0 Å². The Bertz CT molecular complexity index is 1420. The molecule has 0 saturated carbocycles. The molecule has 4 rings (SSSR count). The Balaban J connectivity index is 0.000000276. The summed E-state index contributed by atoms with van der Waals surface area (Å²) < 4.78 is 21.9. The van der Waals surface area contributed by atoms with Crippen LogP contribution in [0.2, 0.25) is 0 Å². The van der Waals surface area contributed by atoms with Gasteiger partial charge in [0.15, 0.2) is 0 Å². The number of nitrogens with zero attached hydrogens (tertiary/aromatic N) is 2. The van der Waals surface area contributed by atoms with Crippen molar-refractivity contribution in [2.24, 2.45) is 0 Å². The zero-order valence-corrected chi connectivity index (χ0v) is 31.0. The van der Waals surface area contributed by atoms with E-state index in [0.717, 1.165) is 17.5 Å². The lowest BCUT2D eigenvalue weighted by Gasteiger charge is -2.30. The monoisotopic (exact) mass is 708 g/mol. The third kappa shape index (κ3) is 13.4. The lowest BCUT2D eigenvalue weighted by Crippen LogP contribution is -2.47. The van der Waals surface area contributed by atoms with Gasteiger partial charge in [0, 0.05) is 18.7 Å². The van der Waals surface area contributed by atoms with Crippen LogP contribution in [0.5, 0.6) is 0 Å². The minimum atomic E-state index is -0.638. The molecule has 280 valence electrons. The quantitative estimate of drug-likeness (QED) is 0.145. The van der Waals surface area contributed by atoms with Gasteiger partial charge in [-0.25, -0.2) is 19.2 Å². The predicted molar refractivity (Wildman–Crippen MR) is 193 cm³/mol. The lowest BCUT2D eigenvalue weighted by molar-refractivity contribution is -0.161. The van der Waals surface area contributed by atoms with E-state index in [1.54, 1.807) is 26.8 Å². The van der Waals surface area contributed by atoms with Gasteiger partial charge in [0.05, 0.1) is 0 Å². The van der Waals surface area contributed by atoms with Crippen LogP contribution in [0, 0.1) is 0 Å². The molecule has 2 aromatic carbocycles. The maximum Gasteiger partial charge on any atom is 0.411 e. The van der Waals surface area contributed by atoms with Crippen molar-refractivity contribution >= 4 is 24.1 Å². The van der Waals surface area contributed by atoms with Crippen molar-refractivity contribution in [1.29, 1.82) is 0 Å². The third-order valence-corrected chi connectivity index (χ3v) is 8.33. The van der Waals surface area contributed by atoms with Crippen LogP contribution in [0.4, 0.5) is 9.59 Å². The van der Waals surface area contributed by atoms with E-state index < -0.39 is 41.4 Å². The summed E-state index contributed by atoms with van der Waals surface area (Å²) in [5.74, 6) is -0.781. The normalized spacial score (nSPS) is 20.1. The van der Waals surface area contributed by atoms with Crippen LogP contribution in [0.15, 0.2) is 73.3 Å². The van der Waals surface area contributed by atoms with Crippen molar-refractivity contribution in [2.45, 2.75) is 135 Å². The minimum Gasteiger partial charge on any atom is -0.458 e. The van der Waals surface area contributed by atoms with Gasteiger partial charge in [0.2, 0.25) is 0 Å². The standard InChI is InChI=1S/C20H29NO5.C20H27NO4/c1-20(2,3)26-18(23)17-12-11-16(10-7-13-22)21(17)19(24)25-14-15-8-5-4-6-9-15;1-5-9-16-12-13-17(18(22)25-20(2,3)4)21(16)19(23)24-14-15-10-7-6-8-11-15/h4-6,8-9,16-17,22H,7,10-14H2,1-3H3;5-8,10-11,16-17H,1,9,12-14H2,2-4H3/t2*16-,17-/m00/s1. The van der Waals surface area contributed by atoms with Gasteiger partial charge in [-0.1, -0.05) is 66.7 Å². The first-order valence-electron chi connectivity index (χ1n) is 17.8. The first-order chi connectivity index (χ1) is 24.1. The molecule has 51 heavy (non-hydrogen) atoms. The van der Waals surface area contributed by atoms with Crippen molar-refractivity contribution < 1.29 is 43.2 Å². The molecule has 2 heterocycles. The molecule has 0 aliphatic carbocycles. The first kappa shape index (κ1) is 41.0. The number of aliphatic hydroxyl groups excluding tert-OH is 1. The molecule has 1 N–H and O–H groups in total. The van der Waals surface area contributed by atoms with Crippen LogP contribution in [0.25, 0.3) is 0 Å². The molecule has 2 aliphatic heterocycles. The third-order valence-electron chi connectivity index (χ3n) is 8.33. The van der Waals surface area contributed by atoms with E-state index in [0.29, 0.717) is 38.5 Å². The Labute approximate surface area is 302 Å². The van der Waals surface area contributed by atoms with Crippen LogP contribution in [-0.2, 0) is 41.8 Å². The molecule has 2 fully saturated rings. The molecule has 2 aromatic rings. The summed E-state index contributed by atoms with van der Waals surface area (Å²) in [4.78, 5) is 53.4. The van der Waals surface area contributed by atoms with E-state index in [-0.39, 0.29) is 37.9 Å². The molecular weight excluding hydrogens is 652 g/mol. The van der Waals surface area contributed by atoms with Crippen LogP contribution >= 0.6 is 0 Å². The largest absolute Gasteiger partial charge is 0.458 e. The highest BCUT2D eigenvalue weighted by molar-refractivity contribution is 5.83. The molecule has 0 aromatic heterocycles. The summed E-state index contributed by atoms with van der Waals surface area (Å²) in [6.07, 6.45) is 5.17. The summed E-state index contributed by atoms with van der Waals surface area (Å²) in [6.45, 7) is 15.0. The first-order valence-corrected chi connectivity index (χ1v) is 17.8. The molecule has 0 radical (unpaired) electrons. The smallest absolute Gasteiger partial charge is 0.411 e. The van der Waals surface area contributed by atoms with Crippen molar-refractivity contribution in [1.82, 2.24) is 9.80 Å². The van der Waals surface area contributed by atoms with E-state index >= 15 is 0 Å². The second kappa shape index (κ2) is 19.3. The van der Waals surface area contributed by atoms with Gasteiger partial charge in [-0.3, -0.25) is 9.80 Å². The molecule has 11 heteroatoms. The van der Waals surface area contributed by atoms with Gasteiger partial charge in [-0.15, -0.1) is 6.58 Å². The highest BCUT2D eigenvalue weighted by atomic mass is 16.6. The van der Waals surface area contributed by atoms with Gasteiger partial charge in [0.1, 0.15) is 36.5 Å². The molecule has 11 nitrogen and oxygen atoms in total. The molecule has 2 saturated heterocycles. The van der Waals surface area contributed by atoms with E-state index in [2.05, 4.69) is 6.58 Å². The number of hydrogen-bond acceptors (Lipinski definition) is 9. The van der Waals surface area contributed by atoms with Crippen LogP contribution in [0.3, 0.4) is 0 Å². The molecule has 0 bridgehead atoms. The Morgan fingerprint density at radius 2 is 1.12 bits per heavy atom. The fraction of sp³-hybridized carbons (Fsp3) is 0.550. The maximum atomic E-state index is 12.7. The molecule has 2 aliphatic rings. The maximum absolute atomic E-state index is 12.7. The number of hydrogen-bond donors (Lipinski definition) is 1. The van der Waals surface area contributed by atoms with Crippen molar-refractivity contribution in [3.05, 3.63) is 84.4 Å². The van der Waals surface area contributed by atoms with Gasteiger partial charge in [0.25, 0.3) is 0 Å². The topological polar surface area (TPSA) is 132 Å².